The number of nitrogens with one attached hydrogen (secondary N) is 1. The summed E-state index contributed by atoms with van der Waals surface area (Å²) in [6.07, 6.45) is 0. The molecule has 1 aliphatic rings. The summed E-state index contributed by atoms with van der Waals surface area (Å²) < 4.78 is 0. The number of thiophene rings is 1. The smallest absolute Gasteiger partial charge is 0.0417 e. The molecule has 0 aliphatic carbocycles. The number of hydrogen-bond donors (Lipinski definition) is 1. The lowest BCUT2D eigenvalue weighted by molar-refractivity contribution is 0.128. The highest BCUT2D eigenvalue weighted by Crippen LogP contribution is 2.26. The van der Waals surface area contributed by atoms with Gasteiger partial charge in [-0.25, -0.2) is 0 Å². The molecule has 0 spiro atoms. The van der Waals surface area contributed by atoms with E-state index in [1.807, 2.05) is 11.3 Å². The van der Waals surface area contributed by atoms with Crippen molar-refractivity contribution in [3.8, 4) is 0 Å². The van der Waals surface area contributed by atoms with Crippen LogP contribution in [0.3, 0.4) is 0 Å². The summed E-state index contributed by atoms with van der Waals surface area (Å²) in [5.41, 5.74) is 0. The fraction of sp³-hybridized carbons (Fsp3) is 0.636. The zero-order valence-corrected chi connectivity index (χ0v) is 9.68. The van der Waals surface area contributed by atoms with Gasteiger partial charge in [0.1, 0.15) is 0 Å². The first-order valence-electron chi connectivity index (χ1n) is 5.29. The summed E-state index contributed by atoms with van der Waals surface area (Å²) in [6.45, 7) is 8.03. The standard InChI is InChI=1S/C11H18N2S/c1-9-8-12-5-6-13(9)10(2)11-4-3-7-14-11/h3-4,7,9-10,12H,5-6,8H2,1-2H3/t9-,10+/m0/s1. The van der Waals surface area contributed by atoms with Crippen LogP contribution in [0.4, 0.5) is 0 Å². The molecular weight excluding hydrogens is 192 g/mol. The zero-order valence-electron chi connectivity index (χ0n) is 8.86. The van der Waals surface area contributed by atoms with Crippen LogP contribution in [0.5, 0.6) is 0 Å². The van der Waals surface area contributed by atoms with Gasteiger partial charge in [0, 0.05) is 36.6 Å². The molecule has 3 heteroatoms. The second-order valence-corrected chi connectivity index (χ2v) is 4.96. The molecule has 2 atom stereocenters. The van der Waals surface area contributed by atoms with Crippen molar-refractivity contribution >= 4 is 11.3 Å². The molecule has 1 N–H and O–H groups in total. The molecule has 1 aromatic heterocycles. The monoisotopic (exact) mass is 210 g/mol. The average molecular weight is 210 g/mol. The van der Waals surface area contributed by atoms with Gasteiger partial charge in [-0.05, 0) is 25.3 Å². The second-order valence-electron chi connectivity index (χ2n) is 3.98. The highest BCUT2D eigenvalue weighted by atomic mass is 32.1. The van der Waals surface area contributed by atoms with Crippen LogP contribution in [0.2, 0.25) is 0 Å². The number of rotatable bonds is 2. The molecule has 0 amide bonds. The predicted molar refractivity (Wildman–Crippen MR) is 61.8 cm³/mol. The van der Waals surface area contributed by atoms with Crippen molar-refractivity contribution in [1.82, 2.24) is 10.2 Å². The number of hydrogen-bond acceptors (Lipinski definition) is 3. The molecule has 14 heavy (non-hydrogen) atoms. The van der Waals surface area contributed by atoms with Gasteiger partial charge in [0.2, 0.25) is 0 Å². The van der Waals surface area contributed by atoms with E-state index in [1.165, 1.54) is 11.4 Å². The van der Waals surface area contributed by atoms with E-state index in [0.29, 0.717) is 12.1 Å². The van der Waals surface area contributed by atoms with Gasteiger partial charge in [-0.2, -0.15) is 0 Å². The molecule has 1 aliphatic heterocycles. The Balaban J connectivity index is 2.06. The molecule has 2 heterocycles. The Morgan fingerprint density at radius 2 is 2.50 bits per heavy atom. The zero-order chi connectivity index (χ0) is 9.97. The van der Waals surface area contributed by atoms with E-state index in [1.54, 1.807) is 0 Å². The third-order valence-corrected chi connectivity index (χ3v) is 4.05. The van der Waals surface area contributed by atoms with Gasteiger partial charge >= 0.3 is 0 Å². The molecule has 0 bridgehead atoms. The largest absolute Gasteiger partial charge is 0.314 e. The van der Waals surface area contributed by atoms with Crippen LogP contribution in [-0.4, -0.2) is 30.6 Å². The Hall–Kier alpha value is -0.380. The van der Waals surface area contributed by atoms with Crippen LogP contribution < -0.4 is 5.32 Å². The molecule has 0 unspecified atom stereocenters. The first-order valence-corrected chi connectivity index (χ1v) is 6.17. The minimum Gasteiger partial charge on any atom is -0.314 e. The van der Waals surface area contributed by atoms with E-state index in [4.69, 9.17) is 0 Å². The molecule has 1 saturated heterocycles. The number of nitrogens with zero attached hydrogens (tertiary/aromatic N) is 1. The molecule has 2 nitrogen and oxygen atoms in total. The molecule has 1 fully saturated rings. The van der Waals surface area contributed by atoms with Gasteiger partial charge in [-0.15, -0.1) is 11.3 Å². The van der Waals surface area contributed by atoms with Crippen LogP contribution in [-0.2, 0) is 0 Å². The van der Waals surface area contributed by atoms with Crippen molar-refractivity contribution in [3.63, 3.8) is 0 Å². The first-order chi connectivity index (χ1) is 6.79. The van der Waals surface area contributed by atoms with Gasteiger partial charge in [0.25, 0.3) is 0 Å². The maximum atomic E-state index is 3.43. The van der Waals surface area contributed by atoms with Crippen LogP contribution in [0.1, 0.15) is 24.8 Å². The molecule has 0 aromatic carbocycles. The van der Waals surface area contributed by atoms with Crippen molar-refractivity contribution < 1.29 is 0 Å². The molecule has 1 aromatic rings. The molecule has 2 rings (SSSR count). The minimum atomic E-state index is 0.576. The topological polar surface area (TPSA) is 15.3 Å². The first kappa shape index (κ1) is 10.1. The fourth-order valence-corrected chi connectivity index (χ4v) is 2.93. The van der Waals surface area contributed by atoms with Gasteiger partial charge in [0.15, 0.2) is 0 Å². The average Bonchev–Trinajstić information content (AvgIpc) is 2.70. The van der Waals surface area contributed by atoms with Crippen LogP contribution in [0.25, 0.3) is 0 Å². The van der Waals surface area contributed by atoms with Crippen molar-refractivity contribution in [1.29, 1.82) is 0 Å². The van der Waals surface area contributed by atoms with Crippen LogP contribution in [0.15, 0.2) is 17.5 Å². The highest BCUT2D eigenvalue weighted by Gasteiger charge is 2.24. The van der Waals surface area contributed by atoms with Crippen molar-refractivity contribution in [2.45, 2.75) is 25.9 Å². The third-order valence-electron chi connectivity index (χ3n) is 3.01. The molecule has 78 valence electrons. The van der Waals surface area contributed by atoms with E-state index >= 15 is 0 Å². The van der Waals surface area contributed by atoms with E-state index in [9.17, 15) is 0 Å². The Morgan fingerprint density at radius 3 is 3.14 bits per heavy atom. The Labute approximate surface area is 89.9 Å². The van der Waals surface area contributed by atoms with Gasteiger partial charge in [-0.1, -0.05) is 6.07 Å². The quantitative estimate of drug-likeness (QED) is 0.804. The Morgan fingerprint density at radius 1 is 1.64 bits per heavy atom. The normalized spacial score (nSPS) is 26.3. The predicted octanol–water partition coefficient (Wildman–Crippen LogP) is 2.10. The molecule has 0 radical (unpaired) electrons. The minimum absolute atomic E-state index is 0.576. The summed E-state index contributed by atoms with van der Waals surface area (Å²) in [5, 5.41) is 5.59. The van der Waals surface area contributed by atoms with Crippen LogP contribution >= 0.6 is 11.3 Å². The van der Waals surface area contributed by atoms with Crippen molar-refractivity contribution in [3.05, 3.63) is 22.4 Å². The lowest BCUT2D eigenvalue weighted by atomic mass is 10.1. The summed E-state index contributed by atoms with van der Waals surface area (Å²) in [7, 11) is 0. The highest BCUT2D eigenvalue weighted by molar-refractivity contribution is 7.10. The van der Waals surface area contributed by atoms with E-state index in [-0.39, 0.29) is 0 Å². The van der Waals surface area contributed by atoms with E-state index < -0.39 is 0 Å². The lowest BCUT2D eigenvalue weighted by Gasteiger charge is -2.38. The lowest BCUT2D eigenvalue weighted by Crippen LogP contribution is -2.50. The maximum absolute atomic E-state index is 3.43. The Bertz CT molecular complexity index is 271. The third kappa shape index (κ3) is 2.00. The van der Waals surface area contributed by atoms with E-state index in [0.717, 1.165) is 13.1 Å². The summed E-state index contributed by atoms with van der Waals surface area (Å²) in [6, 6.07) is 5.61. The van der Waals surface area contributed by atoms with Crippen molar-refractivity contribution in [2.75, 3.05) is 19.6 Å². The van der Waals surface area contributed by atoms with Crippen LogP contribution in [0, 0.1) is 0 Å². The van der Waals surface area contributed by atoms with Gasteiger partial charge in [-0.3, -0.25) is 4.90 Å². The Kier molecular flexibility index (Phi) is 3.21. The fourth-order valence-electron chi connectivity index (χ4n) is 2.12. The van der Waals surface area contributed by atoms with E-state index in [2.05, 4.69) is 41.6 Å². The number of piperazine rings is 1. The second kappa shape index (κ2) is 4.43. The SMILES string of the molecule is C[C@H](c1cccs1)N1CCNC[C@@H]1C. The summed E-state index contributed by atoms with van der Waals surface area (Å²) in [4.78, 5) is 4.07. The summed E-state index contributed by atoms with van der Waals surface area (Å²) in [5.74, 6) is 0. The summed E-state index contributed by atoms with van der Waals surface area (Å²) >= 11 is 1.86. The van der Waals surface area contributed by atoms with Gasteiger partial charge < -0.3 is 5.32 Å². The van der Waals surface area contributed by atoms with Gasteiger partial charge in [0.05, 0.1) is 0 Å². The molecular formula is C11H18N2S. The molecule has 0 saturated carbocycles. The maximum Gasteiger partial charge on any atom is 0.0417 e. The van der Waals surface area contributed by atoms with Crippen molar-refractivity contribution in [2.24, 2.45) is 0 Å².